The van der Waals surface area contributed by atoms with Crippen molar-refractivity contribution in [3.63, 3.8) is 0 Å². The van der Waals surface area contributed by atoms with E-state index in [-0.39, 0.29) is 32.2 Å². The van der Waals surface area contributed by atoms with E-state index in [9.17, 15) is 19.5 Å². The molecule has 0 saturated heterocycles. The molecule has 3 aromatic rings. The van der Waals surface area contributed by atoms with Gasteiger partial charge >= 0.3 is 18.0 Å². The van der Waals surface area contributed by atoms with Crippen molar-refractivity contribution in [2.45, 2.75) is 39.2 Å². The maximum Gasteiger partial charge on any atom is 0.337 e. The van der Waals surface area contributed by atoms with Gasteiger partial charge in [-0.05, 0) is 22.6 Å². The average molecular weight is 519 g/mol. The molecule has 3 rings (SSSR count). The number of ether oxygens (including phenoxy) is 2. The highest BCUT2D eigenvalue weighted by Crippen LogP contribution is 2.17. The van der Waals surface area contributed by atoms with E-state index in [4.69, 9.17) is 9.47 Å². The van der Waals surface area contributed by atoms with Crippen LogP contribution in [0.15, 0.2) is 91.0 Å². The van der Waals surface area contributed by atoms with Crippen molar-refractivity contribution >= 4 is 18.0 Å². The minimum atomic E-state index is -1.55. The number of benzene rings is 3. The largest absolute Gasteiger partial charge is 0.459 e. The highest BCUT2D eigenvalue weighted by molar-refractivity contribution is 5.85. The lowest BCUT2D eigenvalue weighted by Gasteiger charge is -2.28. The zero-order chi connectivity index (χ0) is 27.3. The molecule has 0 saturated carbocycles. The van der Waals surface area contributed by atoms with Gasteiger partial charge in [-0.2, -0.15) is 0 Å². The number of hydrogen-bond donors (Lipinski definition) is 2. The molecule has 1 unspecified atom stereocenters. The molecule has 0 aliphatic rings. The zero-order valence-corrected chi connectivity index (χ0v) is 21.7. The molecule has 8 nitrogen and oxygen atoms in total. The second-order valence-corrected chi connectivity index (χ2v) is 9.29. The van der Waals surface area contributed by atoms with Gasteiger partial charge < -0.3 is 24.8 Å². The quantitative estimate of drug-likeness (QED) is 0.348. The highest BCUT2D eigenvalue weighted by Gasteiger charge is 2.29. The fourth-order valence-electron chi connectivity index (χ4n) is 3.74. The number of esters is 2. The van der Waals surface area contributed by atoms with Crippen molar-refractivity contribution in [2.24, 2.45) is 5.92 Å². The van der Waals surface area contributed by atoms with Crippen molar-refractivity contribution in [3.05, 3.63) is 108 Å². The third-order valence-corrected chi connectivity index (χ3v) is 5.62. The number of amides is 2. The summed E-state index contributed by atoms with van der Waals surface area (Å²) in [4.78, 5) is 40.1. The lowest BCUT2D eigenvalue weighted by atomic mass is 10.1. The number of carbonyl (C=O) groups is 3. The molecule has 0 radical (unpaired) electrons. The van der Waals surface area contributed by atoms with Crippen LogP contribution in [0.2, 0.25) is 0 Å². The molecule has 3 aromatic carbocycles. The fourth-order valence-corrected chi connectivity index (χ4v) is 3.74. The Morgan fingerprint density at radius 2 is 1.21 bits per heavy atom. The Kier molecular flexibility index (Phi) is 10.9. The Hall–Kier alpha value is -4.17. The van der Waals surface area contributed by atoms with Crippen LogP contribution in [0.1, 0.15) is 36.6 Å². The Bertz CT molecular complexity index is 1160. The number of hydrogen-bond acceptors (Lipinski definition) is 6. The topological polar surface area (TPSA) is 105 Å². The van der Waals surface area contributed by atoms with Crippen molar-refractivity contribution in [3.8, 4) is 0 Å². The van der Waals surface area contributed by atoms with Crippen LogP contribution < -0.4 is 5.32 Å². The third kappa shape index (κ3) is 9.05. The first-order valence-corrected chi connectivity index (χ1v) is 12.5. The second kappa shape index (κ2) is 14.5. The lowest BCUT2D eigenvalue weighted by molar-refractivity contribution is -0.155. The van der Waals surface area contributed by atoms with Crippen LogP contribution >= 0.6 is 0 Å². The highest BCUT2D eigenvalue weighted by atomic mass is 16.5. The van der Waals surface area contributed by atoms with Crippen LogP contribution in [-0.4, -0.2) is 47.2 Å². The van der Waals surface area contributed by atoms with Crippen LogP contribution in [-0.2, 0) is 32.3 Å². The lowest BCUT2D eigenvalue weighted by Crippen LogP contribution is -2.49. The molecule has 8 heteroatoms. The van der Waals surface area contributed by atoms with Gasteiger partial charge in [0.05, 0.1) is 6.54 Å². The number of carbonyl (C=O) groups excluding carboxylic acids is 3. The molecule has 2 amide bonds. The van der Waals surface area contributed by atoms with E-state index in [0.29, 0.717) is 5.56 Å². The van der Waals surface area contributed by atoms with Gasteiger partial charge in [0.15, 0.2) is 12.1 Å². The summed E-state index contributed by atoms with van der Waals surface area (Å²) >= 11 is 0. The van der Waals surface area contributed by atoms with Crippen LogP contribution in [0.4, 0.5) is 4.79 Å². The molecule has 2 atom stereocenters. The zero-order valence-electron chi connectivity index (χ0n) is 21.7. The molecule has 0 bridgehead atoms. The number of rotatable bonds is 12. The maximum absolute atomic E-state index is 13.3. The fraction of sp³-hybridized carbons (Fsp3) is 0.300. The first-order chi connectivity index (χ1) is 18.3. The van der Waals surface area contributed by atoms with Crippen LogP contribution in [0, 0.1) is 5.92 Å². The molecular weight excluding hydrogens is 484 g/mol. The van der Waals surface area contributed by atoms with E-state index in [1.807, 2.05) is 62.4 Å². The number of urea groups is 1. The third-order valence-electron chi connectivity index (χ3n) is 5.62. The summed E-state index contributed by atoms with van der Waals surface area (Å²) in [5.74, 6) is -1.42. The normalized spacial score (nSPS) is 12.3. The van der Waals surface area contributed by atoms with Crippen molar-refractivity contribution in [1.29, 1.82) is 0 Å². The van der Waals surface area contributed by atoms with Gasteiger partial charge in [-0.25, -0.2) is 14.4 Å². The molecule has 0 spiro atoms. The summed E-state index contributed by atoms with van der Waals surface area (Å²) < 4.78 is 10.7. The van der Waals surface area contributed by atoms with Crippen molar-refractivity contribution in [2.75, 3.05) is 13.1 Å². The summed E-state index contributed by atoms with van der Waals surface area (Å²) in [5, 5.41) is 13.2. The molecule has 0 aromatic heterocycles. The molecule has 0 aliphatic heterocycles. The van der Waals surface area contributed by atoms with E-state index in [1.54, 1.807) is 42.5 Å². The Morgan fingerprint density at radius 3 is 1.71 bits per heavy atom. The van der Waals surface area contributed by atoms with E-state index < -0.39 is 30.1 Å². The van der Waals surface area contributed by atoms with Crippen molar-refractivity contribution < 1.29 is 29.0 Å². The van der Waals surface area contributed by atoms with Crippen LogP contribution in [0.25, 0.3) is 0 Å². The Labute approximate surface area is 223 Å². The predicted molar refractivity (Wildman–Crippen MR) is 143 cm³/mol. The monoisotopic (exact) mass is 518 g/mol. The van der Waals surface area contributed by atoms with Gasteiger partial charge in [-0.1, -0.05) is 105 Å². The first kappa shape index (κ1) is 28.4. The summed E-state index contributed by atoms with van der Waals surface area (Å²) in [5.41, 5.74) is 2.15. The molecule has 38 heavy (non-hydrogen) atoms. The van der Waals surface area contributed by atoms with Gasteiger partial charge in [0, 0.05) is 6.54 Å². The van der Waals surface area contributed by atoms with Crippen molar-refractivity contribution in [1.82, 2.24) is 10.2 Å². The Balaban J connectivity index is 1.67. The Morgan fingerprint density at radius 1 is 0.737 bits per heavy atom. The van der Waals surface area contributed by atoms with E-state index in [1.165, 1.54) is 4.90 Å². The molecule has 200 valence electrons. The molecule has 0 aliphatic carbocycles. The van der Waals surface area contributed by atoms with Gasteiger partial charge in [0.25, 0.3) is 0 Å². The summed E-state index contributed by atoms with van der Waals surface area (Å²) in [6, 6.07) is 25.4. The predicted octanol–water partition coefficient (Wildman–Crippen LogP) is 4.24. The number of aliphatic hydroxyl groups excluding tert-OH is 1. The van der Waals surface area contributed by atoms with E-state index in [0.717, 1.165) is 11.1 Å². The van der Waals surface area contributed by atoms with Crippen LogP contribution in [0.3, 0.4) is 0 Å². The SMILES string of the molecule is CC(C)CN(CC(O)C(=O)OCc1ccccc1)C(=O)N[C@H](C(=O)OCc1ccccc1)c1ccccc1. The van der Waals surface area contributed by atoms with E-state index in [2.05, 4.69) is 5.32 Å². The second-order valence-electron chi connectivity index (χ2n) is 9.29. The van der Waals surface area contributed by atoms with Gasteiger partial charge in [0.2, 0.25) is 0 Å². The summed E-state index contributed by atoms with van der Waals surface area (Å²) in [6.45, 7) is 3.83. The molecule has 0 heterocycles. The summed E-state index contributed by atoms with van der Waals surface area (Å²) in [6.07, 6.45) is -1.55. The van der Waals surface area contributed by atoms with Crippen LogP contribution in [0.5, 0.6) is 0 Å². The number of nitrogens with zero attached hydrogens (tertiary/aromatic N) is 1. The minimum Gasteiger partial charge on any atom is -0.459 e. The smallest absolute Gasteiger partial charge is 0.337 e. The van der Waals surface area contributed by atoms with Gasteiger partial charge in [-0.15, -0.1) is 0 Å². The summed E-state index contributed by atoms with van der Waals surface area (Å²) in [7, 11) is 0. The average Bonchev–Trinajstić information content (AvgIpc) is 2.94. The standard InChI is InChI=1S/C30H34N2O6/c1-22(2)18-32(19-26(33)28(34)37-20-23-12-6-3-7-13-23)30(36)31-27(25-16-10-5-11-17-25)29(35)38-21-24-14-8-4-9-15-24/h3-17,22,26-27,33H,18-21H2,1-2H3,(H,31,36)/t26?,27-/m0/s1. The van der Waals surface area contributed by atoms with Gasteiger partial charge in [0.1, 0.15) is 13.2 Å². The van der Waals surface area contributed by atoms with Gasteiger partial charge in [-0.3, -0.25) is 0 Å². The molecule has 2 N–H and O–H groups in total. The number of nitrogens with one attached hydrogen (secondary N) is 1. The maximum atomic E-state index is 13.3. The minimum absolute atomic E-state index is 0.0104. The number of aliphatic hydroxyl groups is 1. The molecular formula is C30H34N2O6. The first-order valence-electron chi connectivity index (χ1n) is 12.5. The molecule has 0 fully saturated rings. The van der Waals surface area contributed by atoms with E-state index >= 15 is 0 Å².